The molecule has 0 radical (unpaired) electrons. The van der Waals surface area contributed by atoms with E-state index >= 15 is 0 Å². The van der Waals surface area contributed by atoms with Gasteiger partial charge in [0.2, 0.25) is 0 Å². The maximum atomic E-state index is 11.3. The highest BCUT2D eigenvalue weighted by Crippen LogP contribution is 2.40. The van der Waals surface area contributed by atoms with E-state index in [0.717, 1.165) is 11.8 Å². The fourth-order valence-corrected chi connectivity index (χ4v) is 3.92. The van der Waals surface area contributed by atoms with E-state index in [4.69, 9.17) is 29.8 Å². The zero-order valence-electron chi connectivity index (χ0n) is 14.2. The zero-order valence-corrected chi connectivity index (χ0v) is 15.9. The molecule has 0 aromatic carbocycles. The van der Waals surface area contributed by atoms with Crippen LogP contribution in [0.2, 0.25) is 0 Å². The number of aliphatic carboxylic acids is 3. The molecule has 0 aliphatic rings. The van der Waals surface area contributed by atoms with E-state index in [1.54, 1.807) is 0 Å². The molecule has 0 heterocycles. The van der Waals surface area contributed by atoms with Crippen LogP contribution in [-0.4, -0.2) is 100 Å². The lowest BCUT2D eigenvalue weighted by atomic mass is 10.1. The maximum Gasteiger partial charge on any atom is 0.339 e. The van der Waals surface area contributed by atoms with Gasteiger partial charge in [0.25, 0.3) is 0 Å². The lowest BCUT2D eigenvalue weighted by Gasteiger charge is -2.33. The van der Waals surface area contributed by atoms with Gasteiger partial charge in [-0.25, -0.2) is 0 Å². The summed E-state index contributed by atoms with van der Waals surface area (Å²) in [5.74, 6) is -4.64. The first-order valence-corrected chi connectivity index (χ1v) is 10.9. The lowest BCUT2D eigenvalue weighted by molar-refractivity contribution is -0.155. The van der Waals surface area contributed by atoms with Crippen molar-refractivity contribution in [3.05, 3.63) is 0 Å². The van der Waals surface area contributed by atoms with E-state index in [1.165, 1.54) is 0 Å². The van der Waals surface area contributed by atoms with Gasteiger partial charge >= 0.3 is 33.1 Å². The summed E-state index contributed by atoms with van der Waals surface area (Å²) in [4.78, 5) is 70.8. The fourth-order valence-electron chi connectivity index (χ4n) is 2.24. The SMILES string of the molecule is CC(C(=O)O)N(CCN(CP(=O)(O)O)CP(=O)(O)O)[C@@H](CC(=O)O)C(=O)O. The predicted molar refractivity (Wildman–Crippen MR) is 88.0 cm³/mol. The van der Waals surface area contributed by atoms with Gasteiger partial charge in [-0.15, -0.1) is 0 Å². The molecule has 1 unspecified atom stereocenters. The van der Waals surface area contributed by atoms with E-state index in [-0.39, 0.29) is 0 Å². The first-order valence-electron chi connectivity index (χ1n) is 7.28. The quantitative estimate of drug-likeness (QED) is 0.159. The molecular weight excluding hydrogens is 414 g/mol. The Hall–Kier alpha value is -1.37. The summed E-state index contributed by atoms with van der Waals surface area (Å²) in [6, 6.07) is -3.27. The summed E-state index contributed by atoms with van der Waals surface area (Å²) < 4.78 is 22.2. The largest absolute Gasteiger partial charge is 0.481 e. The molecule has 14 nitrogen and oxygen atoms in total. The summed E-state index contributed by atoms with van der Waals surface area (Å²) >= 11 is 0. The van der Waals surface area contributed by atoms with E-state index in [0.29, 0.717) is 4.90 Å². The van der Waals surface area contributed by atoms with E-state index in [9.17, 15) is 28.6 Å². The normalized spacial score (nSPS) is 14.9. The van der Waals surface area contributed by atoms with E-state index in [1.807, 2.05) is 0 Å². The average Bonchev–Trinajstić information content (AvgIpc) is 2.41. The van der Waals surface area contributed by atoms with Crippen molar-refractivity contribution in [2.24, 2.45) is 0 Å². The van der Waals surface area contributed by atoms with Crippen LogP contribution in [0.1, 0.15) is 13.3 Å². The van der Waals surface area contributed by atoms with Crippen LogP contribution >= 0.6 is 15.2 Å². The van der Waals surface area contributed by atoms with Crippen molar-refractivity contribution in [1.82, 2.24) is 9.80 Å². The standard InChI is InChI=1S/C11H22N2O12P2/c1-7(10(16)17)13(8(11(18)19)4-9(14)15)3-2-12(5-26(20,21)22)6-27(23,24)25/h7-8H,2-6H2,1H3,(H,14,15)(H,16,17)(H,18,19)(H2,20,21,22)(H2,23,24,25)/t7?,8-/m0/s1. The lowest BCUT2D eigenvalue weighted by Crippen LogP contribution is -2.52. The number of carbonyl (C=O) groups is 3. The predicted octanol–water partition coefficient (Wildman–Crippen LogP) is -1.74. The third kappa shape index (κ3) is 11.2. The van der Waals surface area contributed by atoms with E-state index < -0.39 is 77.3 Å². The van der Waals surface area contributed by atoms with Gasteiger partial charge in [-0.1, -0.05) is 0 Å². The minimum Gasteiger partial charge on any atom is -0.481 e. The number of nitrogens with zero attached hydrogens (tertiary/aromatic N) is 2. The fraction of sp³-hybridized carbons (Fsp3) is 0.727. The molecule has 158 valence electrons. The Kier molecular flexibility index (Phi) is 9.73. The van der Waals surface area contributed by atoms with Crippen LogP contribution in [0, 0.1) is 0 Å². The number of carboxylic acids is 3. The highest BCUT2D eigenvalue weighted by atomic mass is 31.2. The smallest absolute Gasteiger partial charge is 0.339 e. The Bertz CT molecular complexity index is 619. The van der Waals surface area contributed by atoms with Gasteiger partial charge in [-0.3, -0.25) is 33.3 Å². The van der Waals surface area contributed by atoms with Crippen molar-refractivity contribution in [2.45, 2.75) is 25.4 Å². The van der Waals surface area contributed by atoms with Crippen LogP contribution in [0.15, 0.2) is 0 Å². The summed E-state index contributed by atoms with van der Waals surface area (Å²) in [6.07, 6.45) is -3.09. The molecule has 0 aliphatic heterocycles. The van der Waals surface area contributed by atoms with Gasteiger partial charge in [0.05, 0.1) is 6.42 Å². The molecule has 0 aliphatic carbocycles. The first-order chi connectivity index (χ1) is 12.0. The van der Waals surface area contributed by atoms with Crippen molar-refractivity contribution >= 4 is 33.1 Å². The van der Waals surface area contributed by atoms with Crippen molar-refractivity contribution < 1.29 is 58.4 Å². The molecule has 0 rings (SSSR count). The van der Waals surface area contributed by atoms with Crippen molar-refractivity contribution in [1.29, 1.82) is 0 Å². The van der Waals surface area contributed by atoms with Gasteiger partial charge < -0.3 is 34.9 Å². The molecule has 0 bridgehead atoms. The van der Waals surface area contributed by atoms with Gasteiger partial charge in [0.1, 0.15) is 24.7 Å². The van der Waals surface area contributed by atoms with Gasteiger partial charge in [0, 0.05) is 13.1 Å². The zero-order chi connectivity index (χ0) is 21.6. The molecular formula is C11H22N2O12P2. The van der Waals surface area contributed by atoms with Gasteiger partial charge in [-0.2, -0.15) is 0 Å². The number of rotatable bonds is 13. The Morgan fingerprint density at radius 1 is 0.852 bits per heavy atom. The molecule has 7 N–H and O–H groups in total. The molecule has 0 fully saturated rings. The van der Waals surface area contributed by atoms with Crippen molar-refractivity contribution in [3.8, 4) is 0 Å². The van der Waals surface area contributed by atoms with Crippen LogP contribution in [-0.2, 0) is 23.5 Å². The Balaban J connectivity index is 5.56. The average molecular weight is 436 g/mol. The third-order valence-corrected chi connectivity index (χ3v) is 4.89. The number of carboxylic acid groups (broad SMARTS) is 3. The third-order valence-electron chi connectivity index (χ3n) is 3.35. The highest BCUT2D eigenvalue weighted by Gasteiger charge is 2.35. The summed E-state index contributed by atoms with van der Waals surface area (Å²) in [7, 11) is -9.48. The number of hydrogen-bond donors (Lipinski definition) is 7. The Morgan fingerprint density at radius 2 is 1.30 bits per heavy atom. The highest BCUT2D eigenvalue weighted by molar-refractivity contribution is 7.52. The minimum absolute atomic E-state index is 0.530. The topological polar surface area (TPSA) is 233 Å². The van der Waals surface area contributed by atoms with Crippen molar-refractivity contribution in [3.63, 3.8) is 0 Å². The monoisotopic (exact) mass is 436 g/mol. The first kappa shape index (κ1) is 25.6. The number of hydrogen-bond acceptors (Lipinski definition) is 7. The van der Waals surface area contributed by atoms with E-state index in [2.05, 4.69) is 0 Å². The molecule has 0 spiro atoms. The Morgan fingerprint density at radius 3 is 1.59 bits per heavy atom. The second kappa shape index (κ2) is 10.2. The molecule has 0 saturated heterocycles. The van der Waals surface area contributed by atoms with Crippen LogP contribution in [0.3, 0.4) is 0 Å². The molecule has 0 saturated carbocycles. The van der Waals surface area contributed by atoms with Crippen LogP contribution in [0.25, 0.3) is 0 Å². The molecule has 0 aromatic heterocycles. The maximum absolute atomic E-state index is 11.3. The summed E-state index contributed by atoms with van der Waals surface area (Å²) in [6.45, 7) is 0.0192. The minimum atomic E-state index is -4.74. The van der Waals surface area contributed by atoms with Gasteiger partial charge in [-0.05, 0) is 6.92 Å². The molecule has 27 heavy (non-hydrogen) atoms. The second-order valence-corrected chi connectivity index (χ2v) is 8.93. The van der Waals surface area contributed by atoms with Crippen LogP contribution < -0.4 is 0 Å². The van der Waals surface area contributed by atoms with Gasteiger partial charge in [0.15, 0.2) is 0 Å². The van der Waals surface area contributed by atoms with Crippen LogP contribution in [0.4, 0.5) is 0 Å². The second-order valence-electron chi connectivity index (χ2n) is 5.71. The molecule has 2 atom stereocenters. The summed E-state index contributed by atoms with van der Waals surface area (Å²) in [5.41, 5.74) is 0. The molecule has 0 aromatic rings. The molecule has 0 amide bonds. The molecule has 16 heteroatoms. The summed E-state index contributed by atoms with van der Waals surface area (Å²) in [5, 5.41) is 27.1. The van der Waals surface area contributed by atoms with Crippen LogP contribution in [0.5, 0.6) is 0 Å². The van der Waals surface area contributed by atoms with Crippen molar-refractivity contribution in [2.75, 3.05) is 25.7 Å². The Labute approximate surface area is 153 Å².